The molecule has 1 atom stereocenters. The summed E-state index contributed by atoms with van der Waals surface area (Å²) in [4.78, 5) is 11.5. The maximum atomic E-state index is 5.82. The van der Waals surface area contributed by atoms with Gasteiger partial charge in [-0.25, -0.2) is 4.98 Å². The molecule has 1 saturated heterocycles. The topological polar surface area (TPSA) is 54.2 Å². The molecule has 0 saturated carbocycles. The van der Waals surface area contributed by atoms with E-state index in [9.17, 15) is 0 Å². The Morgan fingerprint density at radius 2 is 2.00 bits per heavy atom. The van der Waals surface area contributed by atoms with E-state index in [-0.39, 0.29) is 24.8 Å². The lowest BCUT2D eigenvalue weighted by Crippen LogP contribution is -2.35. The monoisotopic (exact) mass is 386 g/mol. The number of nitrogens with one attached hydrogen (secondary N) is 1. The number of rotatable bonds is 5. The van der Waals surface area contributed by atoms with Gasteiger partial charge in [0.1, 0.15) is 5.76 Å². The second-order valence-corrected chi connectivity index (χ2v) is 6.31. The summed E-state index contributed by atoms with van der Waals surface area (Å²) in [6.07, 6.45) is 5.44. The van der Waals surface area contributed by atoms with Gasteiger partial charge in [-0.05, 0) is 58.3 Å². The third kappa shape index (κ3) is 6.26. The summed E-state index contributed by atoms with van der Waals surface area (Å²) in [6, 6.07) is 6.65. The van der Waals surface area contributed by atoms with Crippen molar-refractivity contribution >= 4 is 24.8 Å². The van der Waals surface area contributed by atoms with Crippen molar-refractivity contribution in [3.8, 4) is 0 Å². The van der Waals surface area contributed by atoms with Gasteiger partial charge in [-0.15, -0.1) is 24.8 Å². The van der Waals surface area contributed by atoms with Gasteiger partial charge in [-0.2, -0.15) is 0 Å². The molecule has 3 heterocycles. The van der Waals surface area contributed by atoms with Crippen molar-refractivity contribution in [2.75, 3.05) is 13.1 Å². The van der Waals surface area contributed by atoms with Crippen LogP contribution >= 0.6 is 24.8 Å². The van der Waals surface area contributed by atoms with E-state index >= 15 is 0 Å². The molecule has 25 heavy (non-hydrogen) atoms. The molecule has 0 spiro atoms. The molecule has 0 bridgehead atoms. The summed E-state index contributed by atoms with van der Waals surface area (Å²) < 4.78 is 5.82. The predicted octanol–water partition coefficient (Wildman–Crippen LogP) is 3.67. The summed E-state index contributed by atoms with van der Waals surface area (Å²) >= 11 is 0. The largest absolute Gasteiger partial charge is 0.444 e. The highest BCUT2D eigenvalue weighted by atomic mass is 35.5. The first-order valence-corrected chi connectivity index (χ1v) is 8.50. The minimum atomic E-state index is 0. The molecule has 1 N–H and O–H groups in total. The van der Waals surface area contributed by atoms with Crippen LogP contribution in [0.2, 0.25) is 0 Å². The molecule has 140 valence electrons. The van der Waals surface area contributed by atoms with E-state index in [0.29, 0.717) is 6.04 Å². The van der Waals surface area contributed by atoms with Crippen molar-refractivity contribution in [1.29, 1.82) is 0 Å². The Hall–Kier alpha value is -1.14. The predicted molar refractivity (Wildman–Crippen MR) is 104 cm³/mol. The van der Waals surface area contributed by atoms with Crippen molar-refractivity contribution in [2.24, 2.45) is 0 Å². The third-order valence-electron chi connectivity index (χ3n) is 4.56. The Labute approximate surface area is 162 Å². The summed E-state index contributed by atoms with van der Waals surface area (Å²) in [6.45, 7) is 7.76. The molecule has 1 aliphatic rings. The molecule has 0 radical (unpaired) electrons. The van der Waals surface area contributed by atoms with Gasteiger partial charge >= 0.3 is 0 Å². The van der Waals surface area contributed by atoms with Crippen LogP contribution in [0.5, 0.6) is 0 Å². The fraction of sp³-hybridized carbons (Fsp3) is 0.556. The lowest BCUT2D eigenvalue weighted by molar-refractivity contribution is 0.147. The highest BCUT2D eigenvalue weighted by Gasteiger charge is 2.22. The van der Waals surface area contributed by atoms with Gasteiger partial charge in [0.2, 0.25) is 5.89 Å². The zero-order valence-electron chi connectivity index (χ0n) is 14.9. The smallest absolute Gasteiger partial charge is 0.208 e. The van der Waals surface area contributed by atoms with Gasteiger partial charge < -0.3 is 9.73 Å². The quantitative estimate of drug-likeness (QED) is 0.849. The number of pyridine rings is 1. The maximum absolute atomic E-state index is 5.82. The first-order chi connectivity index (χ1) is 11.2. The Kier molecular flexibility index (Phi) is 9.43. The minimum Gasteiger partial charge on any atom is -0.444 e. The fourth-order valence-electron chi connectivity index (χ4n) is 3.16. The molecular weight excluding hydrogens is 359 g/mol. The molecule has 1 unspecified atom stereocenters. The van der Waals surface area contributed by atoms with Crippen LogP contribution in [0.1, 0.15) is 42.3 Å². The van der Waals surface area contributed by atoms with E-state index in [1.807, 2.05) is 26.1 Å². The Morgan fingerprint density at radius 1 is 1.16 bits per heavy atom. The molecule has 5 nitrogen and oxygen atoms in total. The van der Waals surface area contributed by atoms with Gasteiger partial charge in [0, 0.05) is 18.8 Å². The van der Waals surface area contributed by atoms with E-state index in [0.717, 1.165) is 55.6 Å². The van der Waals surface area contributed by atoms with E-state index in [1.165, 1.54) is 12.8 Å². The normalized spacial score (nSPS) is 17.5. The highest BCUT2D eigenvalue weighted by Crippen LogP contribution is 2.20. The van der Waals surface area contributed by atoms with Crippen molar-refractivity contribution < 1.29 is 4.42 Å². The molecule has 2 aromatic rings. The van der Waals surface area contributed by atoms with Crippen LogP contribution in [0.4, 0.5) is 0 Å². The first-order valence-electron chi connectivity index (χ1n) is 8.50. The second-order valence-electron chi connectivity index (χ2n) is 6.31. The Bertz CT molecular complexity index is 593. The van der Waals surface area contributed by atoms with E-state index < -0.39 is 0 Å². The molecule has 0 aromatic carbocycles. The van der Waals surface area contributed by atoms with Crippen LogP contribution in [-0.4, -0.2) is 34.0 Å². The van der Waals surface area contributed by atoms with Crippen molar-refractivity contribution in [2.45, 2.75) is 52.2 Å². The van der Waals surface area contributed by atoms with E-state index in [2.05, 4.69) is 32.3 Å². The highest BCUT2D eigenvalue weighted by molar-refractivity contribution is 5.85. The molecule has 0 aliphatic carbocycles. The van der Waals surface area contributed by atoms with Crippen LogP contribution in [0.15, 0.2) is 28.8 Å². The zero-order valence-corrected chi connectivity index (χ0v) is 16.5. The van der Waals surface area contributed by atoms with Crippen molar-refractivity contribution in [3.63, 3.8) is 0 Å². The van der Waals surface area contributed by atoms with Gasteiger partial charge in [-0.3, -0.25) is 9.88 Å². The maximum Gasteiger partial charge on any atom is 0.208 e. The number of aryl methyl sites for hydroxylation is 2. The van der Waals surface area contributed by atoms with Crippen LogP contribution < -0.4 is 5.32 Å². The molecule has 2 aromatic heterocycles. The average Bonchev–Trinajstić information content (AvgIpc) is 2.76. The SMILES string of the molecule is Cc1nc(CN(Cc2ccccn2)C2CCCNCC2)oc1C.Cl.Cl. The number of hydrogen-bond acceptors (Lipinski definition) is 5. The van der Waals surface area contributed by atoms with Gasteiger partial charge in [0.25, 0.3) is 0 Å². The number of halogens is 2. The summed E-state index contributed by atoms with van der Waals surface area (Å²) in [5.74, 6) is 1.73. The lowest BCUT2D eigenvalue weighted by atomic mass is 10.1. The first kappa shape index (κ1) is 21.9. The minimum absolute atomic E-state index is 0. The molecule has 1 aliphatic heterocycles. The standard InChI is InChI=1S/C18H26N4O.2ClH/c1-14-15(2)23-18(21-14)13-22(12-16-6-3-4-10-20-16)17-7-5-9-19-11-8-17;;/h3-4,6,10,17,19H,5,7-9,11-13H2,1-2H3;2*1H. The summed E-state index contributed by atoms with van der Waals surface area (Å²) in [7, 11) is 0. The third-order valence-corrected chi connectivity index (χ3v) is 4.56. The Morgan fingerprint density at radius 3 is 2.68 bits per heavy atom. The van der Waals surface area contributed by atoms with E-state index in [1.54, 1.807) is 0 Å². The molecule has 1 fully saturated rings. The fourth-order valence-corrected chi connectivity index (χ4v) is 3.16. The average molecular weight is 387 g/mol. The van der Waals surface area contributed by atoms with Gasteiger partial charge in [0.15, 0.2) is 0 Å². The summed E-state index contributed by atoms with van der Waals surface area (Å²) in [5.41, 5.74) is 2.09. The summed E-state index contributed by atoms with van der Waals surface area (Å²) in [5, 5.41) is 3.49. The molecular formula is C18H28Cl2N4O. The lowest BCUT2D eigenvalue weighted by Gasteiger charge is -2.29. The van der Waals surface area contributed by atoms with Crippen LogP contribution in [0.25, 0.3) is 0 Å². The van der Waals surface area contributed by atoms with Crippen molar-refractivity contribution in [3.05, 3.63) is 47.4 Å². The van der Waals surface area contributed by atoms with E-state index in [4.69, 9.17) is 4.42 Å². The molecule has 0 amide bonds. The molecule has 7 heteroatoms. The van der Waals surface area contributed by atoms with Crippen LogP contribution in [0.3, 0.4) is 0 Å². The zero-order chi connectivity index (χ0) is 16.1. The number of nitrogens with zero attached hydrogens (tertiary/aromatic N) is 3. The Balaban J connectivity index is 0.00000156. The molecule has 3 rings (SSSR count). The van der Waals surface area contributed by atoms with Crippen molar-refractivity contribution in [1.82, 2.24) is 20.2 Å². The van der Waals surface area contributed by atoms with Crippen LogP contribution in [0, 0.1) is 13.8 Å². The second kappa shape index (κ2) is 10.8. The number of hydrogen-bond donors (Lipinski definition) is 1. The number of aromatic nitrogens is 2. The number of oxazole rings is 1. The van der Waals surface area contributed by atoms with Gasteiger partial charge in [-0.1, -0.05) is 6.07 Å². The van der Waals surface area contributed by atoms with Crippen LogP contribution in [-0.2, 0) is 13.1 Å². The van der Waals surface area contributed by atoms with Gasteiger partial charge in [0.05, 0.1) is 17.9 Å².